The Morgan fingerprint density at radius 2 is 1.92 bits per heavy atom. The Bertz CT molecular complexity index is 1370. The van der Waals surface area contributed by atoms with E-state index in [0.29, 0.717) is 40.5 Å². The normalized spacial score (nSPS) is 14.0. The molecule has 5 rings (SSSR count). The summed E-state index contributed by atoms with van der Waals surface area (Å²) < 4.78 is 32.1. The van der Waals surface area contributed by atoms with E-state index in [9.17, 15) is 0 Å². The molecule has 0 amide bonds. The lowest BCUT2D eigenvalue weighted by Crippen LogP contribution is -2.38. The van der Waals surface area contributed by atoms with Crippen molar-refractivity contribution >= 4 is 28.1 Å². The van der Waals surface area contributed by atoms with Gasteiger partial charge in [0.2, 0.25) is 0 Å². The summed E-state index contributed by atoms with van der Waals surface area (Å²) in [5.41, 5.74) is 9.19. The highest BCUT2D eigenvalue weighted by atomic mass is 19.1. The topological polar surface area (TPSA) is 108 Å². The van der Waals surface area contributed by atoms with E-state index in [2.05, 4.69) is 25.2 Å². The number of nitrogens with zero attached hydrogens (tertiary/aromatic N) is 4. The largest absolute Gasteiger partial charge is 0.490 e. The molecule has 3 N–H and O–H groups in total. The maximum absolute atomic E-state index is 15.0. The highest BCUT2D eigenvalue weighted by Gasteiger charge is 2.15. The predicted molar refractivity (Wildman–Crippen MR) is 140 cm³/mol. The van der Waals surface area contributed by atoms with Gasteiger partial charge in [-0.2, -0.15) is 0 Å². The van der Waals surface area contributed by atoms with E-state index < -0.39 is 5.82 Å². The van der Waals surface area contributed by atoms with E-state index in [1.165, 1.54) is 12.4 Å². The molecule has 9 nitrogen and oxygen atoms in total. The molecule has 1 aliphatic heterocycles. The number of nitrogen functional groups attached to an aromatic ring is 1. The molecular weight excluding hydrogens is 475 g/mol. The summed E-state index contributed by atoms with van der Waals surface area (Å²) >= 11 is 0. The summed E-state index contributed by atoms with van der Waals surface area (Å²) in [6, 6.07) is 12.1. The fourth-order valence-electron chi connectivity index (χ4n) is 4.11. The van der Waals surface area contributed by atoms with E-state index in [0.717, 1.165) is 44.1 Å². The monoisotopic (exact) mass is 504 g/mol. The number of hydrogen-bond acceptors (Lipinski definition) is 9. The first-order valence-electron chi connectivity index (χ1n) is 12.1. The molecule has 0 bridgehead atoms. The van der Waals surface area contributed by atoms with Crippen LogP contribution in [0.15, 0.2) is 55.0 Å². The first kappa shape index (κ1) is 24.7. The predicted octanol–water partition coefficient (Wildman–Crippen LogP) is 4.09. The third kappa shape index (κ3) is 6.04. The Hall–Kier alpha value is -4.02. The summed E-state index contributed by atoms with van der Waals surface area (Å²) in [6.45, 7) is 6.67. The van der Waals surface area contributed by atoms with Gasteiger partial charge >= 0.3 is 0 Å². The van der Waals surface area contributed by atoms with Crippen LogP contribution < -0.4 is 20.5 Å². The van der Waals surface area contributed by atoms with Gasteiger partial charge < -0.3 is 25.3 Å². The van der Waals surface area contributed by atoms with Crippen LogP contribution in [-0.4, -0.2) is 59.3 Å². The van der Waals surface area contributed by atoms with Crippen LogP contribution in [0, 0.1) is 12.7 Å². The molecule has 2 aromatic carbocycles. The minimum atomic E-state index is -0.468. The Morgan fingerprint density at radius 1 is 1.05 bits per heavy atom. The number of fused-ring (bicyclic) bond motifs is 1. The molecule has 0 atom stereocenters. The van der Waals surface area contributed by atoms with E-state index in [1.807, 2.05) is 25.1 Å². The van der Waals surface area contributed by atoms with Gasteiger partial charge in [0.05, 0.1) is 35.8 Å². The number of aryl methyl sites for hydroxylation is 1. The van der Waals surface area contributed by atoms with Gasteiger partial charge in [-0.3, -0.25) is 9.88 Å². The Morgan fingerprint density at radius 3 is 2.73 bits per heavy atom. The van der Waals surface area contributed by atoms with Crippen molar-refractivity contribution in [3.05, 3.63) is 72.1 Å². The smallest absolute Gasteiger partial charge is 0.150 e. The molecule has 0 spiro atoms. The first-order valence-corrected chi connectivity index (χ1v) is 12.1. The fourth-order valence-corrected chi connectivity index (χ4v) is 4.11. The zero-order valence-corrected chi connectivity index (χ0v) is 20.6. The standard InChI is InChI=1S/C27H29FN6O3/c1-18-12-24(21(28)14-25(18)37-16-19-4-2-3-5-30-19)33-27-20-13-22(29)26(15-23(20)31-17-32-27)36-11-8-34-6-9-35-10-7-34/h2-5,12-15,17H,6-11,16,29H2,1H3,(H,31,32,33). The number of halogens is 1. The van der Waals surface area contributed by atoms with Gasteiger partial charge in [0.1, 0.15) is 42.7 Å². The molecule has 192 valence electrons. The first-order chi connectivity index (χ1) is 18.1. The number of benzene rings is 2. The number of hydrogen-bond donors (Lipinski definition) is 2. The third-order valence-electron chi connectivity index (χ3n) is 6.16. The van der Waals surface area contributed by atoms with Crippen molar-refractivity contribution in [3.63, 3.8) is 0 Å². The quantitative estimate of drug-likeness (QED) is 0.326. The number of nitrogens with one attached hydrogen (secondary N) is 1. The van der Waals surface area contributed by atoms with Crippen molar-refractivity contribution in [1.29, 1.82) is 0 Å². The van der Waals surface area contributed by atoms with Gasteiger partial charge in [-0.1, -0.05) is 6.07 Å². The van der Waals surface area contributed by atoms with Crippen LogP contribution in [0.1, 0.15) is 11.3 Å². The van der Waals surface area contributed by atoms with Gasteiger partial charge in [0, 0.05) is 43.4 Å². The van der Waals surface area contributed by atoms with Gasteiger partial charge in [0.25, 0.3) is 0 Å². The average Bonchev–Trinajstić information content (AvgIpc) is 2.91. The number of pyridine rings is 1. The number of nitrogens with two attached hydrogens (primary N) is 1. The van der Waals surface area contributed by atoms with E-state index in [-0.39, 0.29) is 12.3 Å². The molecule has 0 saturated carbocycles. The molecule has 37 heavy (non-hydrogen) atoms. The average molecular weight is 505 g/mol. The molecule has 3 heterocycles. The van der Waals surface area contributed by atoms with Crippen LogP contribution in [0.25, 0.3) is 10.9 Å². The van der Waals surface area contributed by atoms with Crippen molar-refractivity contribution in [2.75, 3.05) is 50.5 Å². The third-order valence-corrected chi connectivity index (χ3v) is 6.16. The molecule has 1 saturated heterocycles. The maximum Gasteiger partial charge on any atom is 0.150 e. The van der Waals surface area contributed by atoms with Crippen LogP contribution in [0.2, 0.25) is 0 Å². The molecule has 1 aliphatic rings. The van der Waals surface area contributed by atoms with Crippen LogP contribution in [0.3, 0.4) is 0 Å². The van der Waals surface area contributed by atoms with E-state index in [4.69, 9.17) is 19.9 Å². The van der Waals surface area contributed by atoms with Crippen LogP contribution in [-0.2, 0) is 11.3 Å². The molecule has 4 aromatic rings. The number of rotatable bonds is 9. The number of morpholine rings is 1. The molecule has 1 fully saturated rings. The molecule has 0 unspecified atom stereocenters. The van der Waals surface area contributed by atoms with Gasteiger partial charge in [-0.05, 0) is 36.8 Å². The SMILES string of the molecule is Cc1cc(Nc2ncnc3cc(OCCN4CCOCC4)c(N)cc23)c(F)cc1OCc1ccccn1. The highest BCUT2D eigenvalue weighted by molar-refractivity contribution is 5.94. The number of aromatic nitrogens is 3. The second kappa shape index (κ2) is 11.4. The Balaban J connectivity index is 1.29. The van der Waals surface area contributed by atoms with Crippen molar-refractivity contribution in [2.45, 2.75) is 13.5 Å². The second-order valence-corrected chi connectivity index (χ2v) is 8.76. The van der Waals surface area contributed by atoms with Crippen LogP contribution in [0.4, 0.5) is 21.6 Å². The van der Waals surface area contributed by atoms with Crippen molar-refractivity contribution in [2.24, 2.45) is 0 Å². The van der Waals surface area contributed by atoms with Crippen molar-refractivity contribution < 1.29 is 18.6 Å². The van der Waals surface area contributed by atoms with Gasteiger partial charge in [-0.25, -0.2) is 14.4 Å². The zero-order valence-electron chi connectivity index (χ0n) is 20.6. The Labute approximate surface area is 214 Å². The van der Waals surface area contributed by atoms with Gasteiger partial charge in [0.15, 0.2) is 0 Å². The zero-order chi connectivity index (χ0) is 25.6. The fraction of sp³-hybridized carbons (Fsp3) is 0.296. The molecule has 0 radical (unpaired) electrons. The van der Waals surface area contributed by atoms with Crippen LogP contribution >= 0.6 is 0 Å². The lowest BCUT2D eigenvalue weighted by Gasteiger charge is -2.26. The minimum absolute atomic E-state index is 0.251. The molecule has 0 aliphatic carbocycles. The molecule has 10 heteroatoms. The lowest BCUT2D eigenvalue weighted by molar-refractivity contribution is 0.0323. The van der Waals surface area contributed by atoms with E-state index >= 15 is 4.39 Å². The highest BCUT2D eigenvalue weighted by Crippen LogP contribution is 2.33. The summed E-state index contributed by atoms with van der Waals surface area (Å²) in [4.78, 5) is 15.2. The van der Waals surface area contributed by atoms with Crippen molar-refractivity contribution in [3.8, 4) is 11.5 Å². The summed E-state index contributed by atoms with van der Waals surface area (Å²) in [6.07, 6.45) is 3.12. The van der Waals surface area contributed by atoms with E-state index in [1.54, 1.807) is 24.4 Å². The Kier molecular flexibility index (Phi) is 7.57. The van der Waals surface area contributed by atoms with Crippen molar-refractivity contribution in [1.82, 2.24) is 19.9 Å². The van der Waals surface area contributed by atoms with Gasteiger partial charge in [-0.15, -0.1) is 0 Å². The lowest BCUT2D eigenvalue weighted by atomic mass is 10.1. The van der Waals surface area contributed by atoms with Crippen LogP contribution in [0.5, 0.6) is 11.5 Å². The number of anilines is 3. The summed E-state index contributed by atoms with van der Waals surface area (Å²) in [5, 5.41) is 3.74. The molecule has 2 aromatic heterocycles. The maximum atomic E-state index is 15.0. The minimum Gasteiger partial charge on any atom is -0.490 e. The molecular formula is C27H29FN6O3. The second-order valence-electron chi connectivity index (χ2n) is 8.76. The summed E-state index contributed by atoms with van der Waals surface area (Å²) in [5.74, 6) is 0.979. The number of ether oxygens (including phenoxy) is 3. The summed E-state index contributed by atoms with van der Waals surface area (Å²) in [7, 11) is 0.